The minimum atomic E-state index is -0.659. The molecule has 9 nitrogen and oxygen atoms in total. The van der Waals surface area contributed by atoms with Crippen LogP contribution < -0.4 is 23.7 Å². The second kappa shape index (κ2) is 15.0. The van der Waals surface area contributed by atoms with Crippen molar-refractivity contribution in [3.05, 3.63) is 42.0 Å². The quantitative estimate of drug-likeness (QED) is 0.251. The van der Waals surface area contributed by atoms with Crippen LogP contribution in [-0.2, 0) is 16.0 Å². The molecule has 9 heteroatoms. The summed E-state index contributed by atoms with van der Waals surface area (Å²) in [6, 6.07) is 10.6. The number of piperidine rings is 1. The van der Waals surface area contributed by atoms with Gasteiger partial charge in [-0.1, -0.05) is 25.0 Å². The first-order valence-corrected chi connectivity index (χ1v) is 13.1. The van der Waals surface area contributed by atoms with Crippen LogP contribution in [0.3, 0.4) is 0 Å². The molecule has 1 saturated heterocycles. The molecule has 2 aromatic rings. The van der Waals surface area contributed by atoms with Crippen molar-refractivity contribution in [3.63, 3.8) is 0 Å². The summed E-state index contributed by atoms with van der Waals surface area (Å²) in [6.45, 7) is 0.766. The van der Waals surface area contributed by atoms with Crippen molar-refractivity contribution in [2.45, 2.75) is 57.4 Å². The van der Waals surface area contributed by atoms with Crippen molar-refractivity contribution >= 4 is 12.1 Å². The van der Waals surface area contributed by atoms with Gasteiger partial charge < -0.3 is 28.4 Å². The van der Waals surface area contributed by atoms with E-state index >= 15 is 0 Å². The van der Waals surface area contributed by atoms with Crippen molar-refractivity contribution in [3.8, 4) is 28.7 Å². The van der Waals surface area contributed by atoms with Crippen LogP contribution >= 0.6 is 0 Å². The van der Waals surface area contributed by atoms with Gasteiger partial charge in [0, 0.05) is 18.7 Å². The molecular formula is C29H39NO8. The number of benzene rings is 2. The molecule has 0 bridgehead atoms. The highest BCUT2D eigenvalue weighted by molar-refractivity contribution is 5.82. The Morgan fingerprint density at radius 1 is 0.816 bits per heavy atom. The predicted molar refractivity (Wildman–Crippen MR) is 143 cm³/mol. The van der Waals surface area contributed by atoms with Crippen molar-refractivity contribution in [1.29, 1.82) is 0 Å². The lowest BCUT2D eigenvalue weighted by molar-refractivity contribution is -0.150. The number of carbonyl (C=O) groups excluding carboxylic acids is 2. The number of ether oxygens (including phenoxy) is 6. The van der Waals surface area contributed by atoms with Crippen LogP contribution in [0.4, 0.5) is 4.79 Å². The van der Waals surface area contributed by atoms with Crippen LogP contribution in [0.1, 0.15) is 50.5 Å². The van der Waals surface area contributed by atoms with Gasteiger partial charge in [-0.3, -0.25) is 4.90 Å². The van der Waals surface area contributed by atoms with Gasteiger partial charge in [-0.05, 0) is 56.2 Å². The van der Waals surface area contributed by atoms with Crippen LogP contribution in [0.25, 0.3) is 0 Å². The average Bonchev–Trinajstić information content (AvgIpc) is 2.96. The smallest absolute Gasteiger partial charge is 0.415 e. The van der Waals surface area contributed by atoms with Gasteiger partial charge in [0.05, 0.1) is 35.0 Å². The number of hydrogen-bond donors (Lipinski definition) is 0. The van der Waals surface area contributed by atoms with Crippen LogP contribution in [0.5, 0.6) is 28.7 Å². The third kappa shape index (κ3) is 7.94. The molecule has 1 amide bonds. The van der Waals surface area contributed by atoms with Crippen molar-refractivity contribution in [1.82, 2.24) is 4.90 Å². The molecule has 1 heterocycles. The van der Waals surface area contributed by atoms with Gasteiger partial charge >= 0.3 is 12.1 Å². The van der Waals surface area contributed by atoms with Crippen LogP contribution in [0.15, 0.2) is 36.4 Å². The molecule has 38 heavy (non-hydrogen) atoms. The Labute approximate surface area is 224 Å². The molecule has 0 aromatic heterocycles. The second-order valence-corrected chi connectivity index (χ2v) is 9.11. The van der Waals surface area contributed by atoms with Gasteiger partial charge in [-0.2, -0.15) is 0 Å². The number of rotatable bonds is 13. The number of aryl methyl sites for hydroxylation is 1. The number of unbranched alkanes of at least 4 members (excludes halogenated alkanes) is 3. The molecule has 1 aliphatic rings. The van der Waals surface area contributed by atoms with E-state index in [1.165, 1.54) is 31.8 Å². The van der Waals surface area contributed by atoms with Crippen LogP contribution in [-0.4, -0.2) is 64.6 Å². The Hall–Kier alpha value is -3.62. The van der Waals surface area contributed by atoms with E-state index in [2.05, 4.69) is 12.1 Å². The highest BCUT2D eigenvalue weighted by Crippen LogP contribution is 2.41. The number of carbonyl (C=O) groups is 2. The van der Waals surface area contributed by atoms with E-state index in [0.717, 1.165) is 50.7 Å². The fourth-order valence-electron chi connectivity index (χ4n) is 4.52. The summed E-state index contributed by atoms with van der Waals surface area (Å²) >= 11 is 0. The Morgan fingerprint density at radius 3 is 2.13 bits per heavy atom. The van der Waals surface area contributed by atoms with Gasteiger partial charge in [0.15, 0.2) is 11.5 Å². The summed E-state index contributed by atoms with van der Waals surface area (Å²) in [6.07, 6.45) is 6.47. The van der Waals surface area contributed by atoms with E-state index in [0.29, 0.717) is 36.8 Å². The van der Waals surface area contributed by atoms with Gasteiger partial charge in [-0.25, -0.2) is 9.59 Å². The Bertz CT molecular complexity index is 1010. The van der Waals surface area contributed by atoms with Crippen LogP contribution in [0.2, 0.25) is 0 Å². The fourth-order valence-corrected chi connectivity index (χ4v) is 4.52. The lowest BCUT2D eigenvalue weighted by atomic mass is 10.0. The lowest BCUT2D eigenvalue weighted by Crippen LogP contribution is -2.49. The monoisotopic (exact) mass is 529 g/mol. The average molecular weight is 530 g/mol. The summed E-state index contributed by atoms with van der Waals surface area (Å²) in [7, 11) is 6.14. The third-order valence-corrected chi connectivity index (χ3v) is 6.62. The van der Waals surface area contributed by atoms with Gasteiger partial charge in [0.25, 0.3) is 0 Å². The molecule has 2 aromatic carbocycles. The summed E-state index contributed by atoms with van der Waals surface area (Å²) in [5.41, 5.74) is 1.29. The van der Waals surface area contributed by atoms with E-state index in [-0.39, 0.29) is 11.7 Å². The molecule has 1 fully saturated rings. The zero-order chi connectivity index (χ0) is 27.3. The van der Waals surface area contributed by atoms with Gasteiger partial charge in [-0.15, -0.1) is 0 Å². The maximum Gasteiger partial charge on any atom is 0.415 e. The molecule has 208 valence electrons. The largest absolute Gasteiger partial charge is 0.497 e. The zero-order valence-corrected chi connectivity index (χ0v) is 22.8. The van der Waals surface area contributed by atoms with E-state index < -0.39 is 12.1 Å². The van der Waals surface area contributed by atoms with E-state index in [1.54, 1.807) is 19.2 Å². The number of amides is 1. The Morgan fingerprint density at radius 2 is 1.50 bits per heavy atom. The molecule has 0 N–H and O–H groups in total. The standard InChI is InChI=1S/C29H39NO8/c1-33-22-15-13-21(14-16-22)11-7-5-6-10-18-37-28(31)24-12-8-9-17-30(24)29(32)38-23-19-25(34-2)27(36-4)26(20-23)35-3/h13-16,19-20,24H,5-12,17-18H2,1-4H3/t24-/m0/s1. The molecule has 0 saturated carbocycles. The van der Waals surface area contributed by atoms with E-state index in [1.807, 2.05) is 12.1 Å². The summed E-state index contributed by atoms with van der Waals surface area (Å²) in [4.78, 5) is 27.3. The number of nitrogens with zero attached hydrogens (tertiary/aromatic N) is 1. The molecule has 0 unspecified atom stereocenters. The number of methoxy groups -OCH3 is 4. The fraction of sp³-hybridized carbons (Fsp3) is 0.517. The van der Waals surface area contributed by atoms with Gasteiger partial charge in [0.2, 0.25) is 5.75 Å². The zero-order valence-electron chi connectivity index (χ0n) is 22.8. The molecule has 0 aliphatic carbocycles. The van der Waals surface area contributed by atoms with Gasteiger partial charge in [0.1, 0.15) is 17.5 Å². The van der Waals surface area contributed by atoms with E-state index in [4.69, 9.17) is 28.4 Å². The second-order valence-electron chi connectivity index (χ2n) is 9.11. The van der Waals surface area contributed by atoms with E-state index in [9.17, 15) is 9.59 Å². The topological polar surface area (TPSA) is 92.8 Å². The summed E-state index contributed by atoms with van der Waals surface area (Å²) < 4.78 is 32.3. The molecular weight excluding hydrogens is 490 g/mol. The summed E-state index contributed by atoms with van der Waals surface area (Å²) in [5, 5.41) is 0. The van der Waals surface area contributed by atoms with Crippen molar-refractivity contribution in [2.24, 2.45) is 0 Å². The molecule has 1 aliphatic heterocycles. The van der Waals surface area contributed by atoms with Crippen molar-refractivity contribution < 1.29 is 38.0 Å². The number of esters is 1. The Kier molecular flexibility index (Phi) is 11.4. The maximum absolute atomic E-state index is 13.0. The first-order chi connectivity index (χ1) is 18.5. The first kappa shape index (κ1) is 28.9. The highest BCUT2D eigenvalue weighted by atomic mass is 16.6. The first-order valence-electron chi connectivity index (χ1n) is 13.1. The number of likely N-dealkylation sites (tertiary alicyclic amines) is 1. The normalized spacial score (nSPS) is 14.9. The lowest BCUT2D eigenvalue weighted by Gasteiger charge is -2.33. The van der Waals surface area contributed by atoms with Crippen molar-refractivity contribution in [2.75, 3.05) is 41.6 Å². The molecule has 0 spiro atoms. The minimum absolute atomic E-state index is 0.233. The molecule has 1 atom stereocenters. The maximum atomic E-state index is 13.0. The number of hydrogen-bond acceptors (Lipinski definition) is 8. The third-order valence-electron chi connectivity index (χ3n) is 6.62. The highest BCUT2D eigenvalue weighted by Gasteiger charge is 2.34. The molecule has 0 radical (unpaired) electrons. The minimum Gasteiger partial charge on any atom is -0.497 e. The van der Waals surface area contributed by atoms with Crippen LogP contribution in [0, 0.1) is 0 Å². The SMILES string of the molecule is COc1ccc(CCCCCCOC(=O)[C@@H]2CCCCN2C(=O)Oc2cc(OC)c(OC)c(OC)c2)cc1. The molecule has 3 rings (SSSR count). The predicted octanol–water partition coefficient (Wildman–Crippen LogP) is 5.42. The summed E-state index contributed by atoms with van der Waals surface area (Å²) in [5.74, 6) is 1.85. The Balaban J connectivity index is 1.45.